The molecule has 224 valence electrons. The predicted molar refractivity (Wildman–Crippen MR) is 160 cm³/mol. The Morgan fingerprint density at radius 1 is 0.976 bits per heavy atom. The van der Waals surface area contributed by atoms with E-state index in [9.17, 15) is 19.2 Å². The molecule has 2 aromatic carbocycles. The lowest BCUT2D eigenvalue weighted by atomic mass is 9.73. The largest absolute Gasteiger partial charge is 0.491 e. The number of carbonyl (C=O) groups excluding carboxylic acids is 3. The molecule has 3 heterocycles. The van der Waals surface area contributed by atoms with Crippen LogP contribution < -0.4 is 21.1 Å². The summed E-state index contributed by atoms with van der Waals surface area (Å²) in [5.41, 5.74) is 2.61. The molecule has 10 heteroatoms. The Bertz CT molecular complexity index is 1530. The molecular weight excluding hydrogens is 534 g/mol. The number of nitrogens with one attached hydrogen (secondary N) is 2. The average molecular weight is 576 g/mol. The number of hydrogen-bond acceptors (Lipinski definition) is 5. The number of benzene rings is 2. The van der Waals surface area contributed by atoms with E-state index in [1.807, 2.05) is 42.2 Å². The first-order chi connectivity index (χ1) is 20.2. The lowest BCUT2D eigenvalue weighted by molar-refractivity contribution is -0.141. The number of likely N-dealkylation sites (tertiary alicyclic amines) is 1. The molecule has 1 fully saturated rings. The molecule has 0 bridgehead atoms. The van der Waals surface area contributed by atoms with Crippen molar-refractivity contribution < 1.29 is 19.1 Å². The van der Waals surface area contributed by atoms with Crippen LogP contribution in [-0.2, 0) is 30.1 Å². The topological polar surface area (TPSA) is 115 Å². The van der Waals surface area contributed by atoms with Crippen molar-refractivity contribution in [2.45, 2.75) is 57.9 Å². The standard InChI is InChI=1S/C32H41N5O5/c1-22-21-42-27-9-5-4-8-24(27)29(39)33-17-7-6-14-32(30(40)34-22)15-18-37(19-16-32)28(38)13-11-23-10-12-25-26(20-23)36(3)31(41)35(25)2/h4-5,8-10,12,20,22H,6-7,11,13-19,21H2,1-3H3,(H,33,39)(H,34,40)/t22-/m1/s1. The van der Waals surface area contributed by atoms with Crippen LogP contribution in [-0.4, -0.2) is 64.0 Å². The molecule has 0 saturated carbocycles. The normalized spacial score (nSPS) is 19.9. The van der Waals surface area contributed by atoms with Crippen molar-refractivity contribution in [2.75, 3.05) is 26.2 Å². The first kappa shape index (κ1) is 29.4. The van der Waals surface area contributed by atoms with Gasteiger partial charge in [0, 0.05) is 40.2 Å². The SMILES string of the molecule is C[C@@H]1COc2ccccc2C(=O)NCCCCC2(CCN(C(=O)CCc3ccc4c(c3)n(C)c(=O)n4C)CC2)C(=O)N1. The molecule has 2 aliphatic rings. The third-order valence-corrected chi connectivity index (χ3v) is 8.88. The van der Waals surface area contributed by atoms with Crippen molar-refractivity contribution in [3.8, 4) is 5.75 Å². The third-order valence-electron chi connectivity index (χ3n) is 8.88. The quantitative estimate of drug-likeness (QED) is 0.499. The molecule has 2 N–H and O–H groups in total. The van der Waals surface area contributed by atoms with E-state index in [1.165, 1.54) is 0 Å². The number of piperidine rings is 1. The van der Waals surface area contributed by atoms with Crippen molar-refractivity contribution in [3.05, 3.63) is 64.1 Å². The molecule has 1 spiro atoms. The van der Waals surface area contributed by atoms with Crippen LogP contribution in [0.25, 0.3) is 11.0 Å². The Balaban J connectivity index is 1.20. The number of fused-ring (bicyclic) bond motifs is 2. The van der Waals surface area contributed by atoms with Crippen LogP contribution in [0.3, 0.4) is 0 Å². The van der Waals surface area contributed by atoms with Gasteiger partial charge in [0.1, 0.15) is 12.4 Å². The zero-order valence-electron chi connectivity index (χ0n) is 24.8. The summed E-state index contributed by atoms with van der Waals surface area (Å²) in [6.45, 7) is 3.75. The van der Waals surface area contributed by atoms with Crippen LogP contribution in [0.5, 0.6) is 5.75 Å². The van der Waals surface area contributed by atoms with Gasteiger partial charge in [0.25, 0.3) is 5.91 Å². The third kappa shape index (κ3) is 6.07. The molecule has 0 unspecified atom stereocenters. The summed E-state index contributed by atoms with van der Waals surface area (Å²) in [4.78, 5) is 53.7. The highest BCUT2D eigenvalue weighted by Crippen LogP contribution is 2.37. The molecule has 0 aliphatic carbocycles. The van der Waals surface area contributed by atoms with Crippen LogP contribution in [0, 0.1) is 5.41 Å². The Morgan fingerprint density at radius 2 is 1.71 bits per heavy atom. The minimum Gasteiger partial charge on any atom is -0.491 e. The summed E-state index contributed by atoms with van der Waals surface area (Å²) in [5.74, 6) is 0.439. The van der Waals surface area contributed by atoms with Crippen LogP contribution in [0.4, 0.5) is 0 Å². The predicted octanol–water partition coefficient (Wildman–Crippen LogP) is 2.92. The number of imidazole rings is 1. The van der Waals surface area contributed by atoms with Gasteiger partial charge in [-0.15, -0.1) is 0 Å². The highest BCUT2D eigenvalue weighted by Gasteiger charge is 2.42. The number of para-hydroxylation sites is 1. The molecule has 3 aromatic rings. The van der Waals surface area contributed by atoms with Gasteiger partial charge in [0.15, 0.2) is 0 Å². The van der Waals surface area contributed by atoms with E-state index in [0.717, 1.165) is 29.4 Å². The fourth-order valence-corrected chi connectivity index (χ4v) is 6.19. The number of hydrogen-bond donors (Lipinski definition) is 2. The van der Waals surface area contributed by atoms with Crippen LogP contribution >= 0.6 is 0 Å². The Hall–Kier alpha value is -4.08. The van der Waals surface area contributed by atoms with Gasteiger partial charge in [0.05, 0.1) is 28.1 Å². The van der Waals surface area contributed by atoms with Crippen LogP contribution in [0.1, 0.15) is 61.4 Å². The molecular formula is C32H41N5O5. The van der Waals surface area contributed by atoms with Gasteiger partial charge in [-0.1, -0.05) is 24.6 Å². The minimum absolute atomic E-state index is 0.0156. The molecule has 10 nitrogen and oxygen atoms in total. The molecule has 1 saturated heterocycles. The number of nitrogens with zero attached hydrogens (tertiary/aromatic N) is 3. The summed E-state index contributed by atoms with van der Waals surface area (Å²) in [6, 6.07) is 12.8. The van der Waals surface area contributed by atoms with Crippen molar-refractivity contribution in [2.24, 2.45) is 19.5 Å². The molecule has 2 aliphatic heterocycles. The number of aromatic nitrogens is 2. The minimum atomic E-state index is -0.555. The molecule has 1 aromatic heterocycles. The zero-order valence-corrected chi connectivity index (χ0v) is 24.8. The monoisotopic (exact) mass is 575 g/mol. The second-order valence-electron chi connectivity index (χ2n) is 11.8. The van der Waals surface area contributed by atoms with Gasteiger partial charge < -0.3 is 20.3 Å². The van der Waals surface area contributed by atoms with Gasteiger partial charge >= 0.3 is 5.69 Å². The number of aryl methyl sites for hydroxylation is 3. The summed E-state index contributed by atoms with van der Waals surface area (Å²) in [5, 5.41) is 6.14. The number of amides is 3. The van der Waals surface area contributed by atoms with Gasteiger partial charge in [-0.05, 0) is 68.9 Å². The first-order valence-corrected chi connectivity index (χ1v) is 14.9. The second-order valence-corrected chi connectivity index (χ2v) is 11.8. The summed E-state index contributed by atoms with van der Waals surface area (Å²) in [6.07, 6.45) is 4.44. The number of carbonyl (C=O) groups is 3. The fraction of sp³-hybridized carbons (Fsp3) is 0.500. The lowest BCUT2D eigenvalue weighted by Crippen LogP contribution is -2.52. The number of rotatable bonds is 3. The highest BCUT2D eigenvalue weighted by molar-refractivity contribution is 5.96. The number of ether oxygens (including phenoxy) is 1. The van der Waals surface area contributed by atoms with Crippen molar-refractivity contribution in [3.63, 3.8) is 0 Å². The molecule has 0 radical (unpaired) electrons. The lowest BCUT2D eigenvalue weighted by Gasteiger charge is -2.41. The first-order valence-electron chi connectivity index (χ1n) is 14.9. The Kier molecular flexibility index (Phi) is 8.70. The molecule has 1 atom stereocenters. The smallest absolute Gasteiger partial charge is 0.328 e. The fourth-order valence-electron chi connectivity index (χ4n) is 6.19. The van der Waals surface area contributed by atoms with E-state index in [1.54, 1.807) is 35.4 Å². The van der Waals surface area contributed by atoms with E-state index in [-0.39, 0.29) is 36.1 Å². The highest BCUT2D eigenvalue weighted by atomic mass is 16.5. The Morgan fingerprint density at radius 3 is 2.50 bits per heavy atom. The average Bonchev–Trinajstić information content (AvgIpc) is 3.21. The van der Waals surface area contributed by atoms with E-state index < -0.39 is 5.41 Å². The second kappa shape index (κ2) is 12.4. The molecule has 42 heavy (non-hydrogen) atoms. The van der Waals surface area contributed by atoms with Crippen molar-refractivity contribution in [1.82, 2.24) is 24.7 Å². The zero-order chi connectivity index (χ0) is 29.9. The van der Waals surface area contributed by atoms with E-state index in [4.69, 9.17) is 4.74 Å². The molecule has 5 rings (SSSR count). The summed E-state index contributed by atoms with van der Waals surface area (Å²) < 4.78 is 9.19. The van der Waals surface area contributed by atoms with E-state index >= 15 is 0 Å². The molecule has 3 amide bonds. The summed E-state index contributed by atoms with van der Waals surface area (Å²) in [7, 11) is 3.52. The maximum Gasteiger partial charge on any atom is 0.328 e. The summed E-state index contributed by atoms with van der Waals surface area (Å²) >= 11 is 0. The Labute approximate surface area is 246 Å². The van der Waals surface area contributed by atoms with Gasteiger partial charge in [-0.25, -0.2) is 4.79 Å². The van der Waals surface area contributed by atoms with Gasteiger partial charge in [0.2, 0.25) is 11.8 Å². The van der Waals surface area contributed by atoms with Gasteiger partial charge in [-0.3, -0.25) is 23.5 Å². The van der Waals surface area contributed by atoms with Crippen molar-refractivity contribution in [1.29, 1.82) is 0 Å². The van der Waals surface area contributed by atoms with Crippen molar-refractivity contribution >= 4 is 28.8 Å². The maximum absolute atomic E-state index is 13.7. The van der Waals surface area contributed by atoms with Crippen LogP contribution in [0.2, 0.25) is 0 Å². The van der Waals surface area contributed by atoms with E-state index in [2.05, 4.69) is 10.6 Å². The van der Waals surface area contributed by atoms with Crippen LogP contribution in [0.15, 0.2) is 47.3 Å². The van der Waals surface area contributed by atoms with Gasteiger partial charge in [-0.2, -0.15) is 0 Å². The maximum atomic E-state index is 13.7. The van der Waals surface area contributed by atoms with E-state index in [0.29, 0.717) is 63.1 Å².